The molecule has 9 nitrogen and oxygen atoms in total. The van der Waals surface area contributed by atoms with Gasteiger partial charge in [-0.3, -0.25) is 15.1 Å². The maximum Gasteiger partial charge on any atom is 0.159 e. The molecule has 0 radical (unpaired) electrons. The smallest absolute Gasteiger partial charge is 0.159 e. The largest absolute Gasteiger partial charge is 0.472 e. The summed E-state index contributed by atoms with van der Waals surface area (Å²) in [4.78, 5) is 17.2. The van der Waals surface area contributed by atoms with Crippen molar-refractivity contribution in [3.05, 3.63) is 67.5 Å². The first kappa shape index (κ1) is 21.1. The predicted octanol–water partition coefficient (Wildman–Crippen LogP) is 5.21. The summed E-state index contributed by atoms with van der Waals surface area (Å²) in [7, 11) is 0. The lowest BCUT2D eigenvalue weighted by Crippen LogP contribution is -2.24. The zero-order chi connectivity index (χ0) is 23.9. The molecule has 4 N–H and O–H groups in total. The number of aliphatic hydroxyl groups is 1. The van der Waals surface area contributed by atoms with Gasteiger partial charge in [-0.25, -0.2) is 4.98 Å². The Kier molecular flexibility index (Phi) is 5.04. The zero-order valence-electron chi connectivity index (χ0n) is 19.1. The molecule has 0 aliphatic rings. The lowest BCUT2D eigenvalue weighted by Gasteiger charge is -2.17. The van der Waals surface area contributed by atoms with Crippen LogP contribution in [0.4, 0.5) is 5.69 Å². The molecule has 0 bridgehead atoms. The van der Waals surface area contributed by atoms with Crippen molar-refractivity contribution in [2.45, 2.75) is 20.1 Å². The molecule has 174 valence electrons. The van der Waals surface area contributed by atoms with Crippen LogP contribution < -0.4 is 5.32 Å². The van der Waals surface area contributed by atoms with Crippen LogP contribution in [0.1, 0.15) is 13.8 Å². The van der Waals surface area contributed by atoms with Gasteiger partial charge in [0, 0.05) is 28.3 Å². The van der Waals surface area contributed by atoms with E-state index in [-0.39, 0.29) is 5.92 Å². The first-order valence-corrected chi connectivity index (χ1v) is 11.3. The number of nitrogens with one attached hydrogen (secondary N) is 3. The molecule has 1 aromatic carbocycles. The van der Waals surface area contributed by atoms with Crippen molar-refractivity contribution in [3.63, 3.8) is 0 Å². The minimum atomic E-state index is -0.664. The number of furan rings is 1. The number of hydrogen-bond acceptors (Lipinski definition) is 7. The quantitative estimate of drug-likeness (QED) is 0.249. The molecule has 6 aromatic rings. The van der Waals surface area contributed by atoms with Crippen LogP contribution in [0, 0.1) is 5.92 Å². The van der Waals surface area contributed by atoms with Gasteiger partial charge in [0.25, 0.3) is 0 Å². The third-order valence-corrected chi connectivity index (χ3v) is 6.00. The summed E-state index contributed by atoms with van der Waals surface area (Å²) in [6, 6.07) is 11.8. The average molecular weight is 466 g/mol. The summed E-state index contributed by atoms with van der Waals surface area (Å²) < 4.78 is 5.27. The molecule has 1 unspecified atom stereocenters. The van der Waals surface area contributed by atoms with E-state index in [2.05, 4.69) is 30.5 Å². The zero-order valence-corrected chi connectivity index (χ0v) is 19.1. The van der Waals surface area contributed by atoms with Crippen LogP contribution >= 0.6 is 0 Å². The Morgan fingerprint density at radius 1 is 1.03 bits per heavy atom. The number of rotatable bonds is 6. The summed E-state index contributed by atoms with van der Waals surface area (Å²) >= 11 is 0. The van der Waals surface area contributed by atoms with Crippen LogP contribution in [0.5, 0.6) is 0 Å². The summed E-state index contributed by atoms with van der Waals surface area (Å²) in [5, 5.41) is 21.7. The normalized spacial score (nSPS) is 12.6. The molecular weight excluding hydrogens is 442 g/mol. The number of para-hydroxylation sites is 1. The van der Waals surface area contributed by atoms with Crippen LogP contribution in [0.25, 0.3) is 55.8 Å². The summed E-state index contributed by atoms with van der Waals surface area (Å²) in [5.41, 5.74) is 7.51. The van der Waals surface area contributed by atoms with Gasteiger partial charge in [0.2, 0.25) is 0 Å². The highest BCUT2D eigenvalue weighted by atomic mass is 16.3. The highest BCUT2D eigenvalue weighted by Gasteiger charge is 2.17. The number of aromatic amines is 2. The number of pyridine rings is 2. The molecule has 0 aliphatic heterocycles. The second-order valence-corrected chi connectivity index (χ2v) is 8.78. The molecule has 0 aliphatic carbocycles. The lowest BCUT2D eigenvalue weighted by molar-refractivity contribution is 0.153. The monoisotopic (exact) mass is 465 g/mol. The van der Waals surface area contributed by atoms with Crippen molar-refractivity contribution < 1.29 is 9.52 Å². The van der Waals surface area contributed by atoms with Gasteiger partial charge in [-0.15, -0.1) is 0 Å². The Bertz CT molecular complexity index is 1630. The maximum atomic E-state index is 10.2. The summed E-state index contributed by atoms with van der Waals surface area (Å²) in [6.07, 6.45) is 7.89. The molecule has 0 fully saturated rings. The van der Waals surface area contributed by atoms with Gasteiger partial charge in [0.05, 0.1) is 52.9 Å². The highest BCUT2D eigenvalue weighted by molar-refractivity contribution is 5.97. The second kappa shape index (κ2) is 8.37. The van der Waals surface area contributed by atoms with E-state index >= 15 is 0 Å². The molecule has 0 saturated heterocycles. The average Bonchev–Trinajstić information content (AvgIpc) is 3.62. The minimum Gasteiger partial charge on any atom is -0.472 e. The number of benzene rings is 1. The van der Waals surface area contributed by atoms with Crippen LogP contribution in [-0.2, 0) is 0 Å². The number of H-pyrrole nitrogens is 2. The molecule has 5 heterocycles. The molecule has 5 aromatic heterocycles. The fourth-order valence-corrected chi connectivity index (χ4v) is 4.05. The SMILES string of the molecule is CC(C)C(O)Nc1cncc(-c2cc3c(-c4nc5c(-c6ccoc6)cccc5[nH]4)n[nH]c3cn2)c1. The van der Waals surface area contributed by atoms with E-state index in [0.29, 0.717) is 11.5 Å². The first-order chi connectivity index (χ1) is 17.1. The molecular formula is C26H23N7O2. The molecule has 6 rings (SSSR count). The molecule has 0 amide bonds. The number of fused-ring (bicyclic) bond motifs is 2. The van der Waals surface area contributed by atoms with Gasteiger partial charge in [0.15, 0.2) is 5.82 Å². The molecule has 35 heavy (non-hydrogen) atoms. The van der Waals surface area contributed by atoms with E-state index in [1.807, 2.05) is 50.2 Å². The second-order valence-electron chi connectivity index (χ2n) is 8.78. The number of aromatic nitrogens is 6. The maximum absolute atomic E-state index is 10.2. The number of imidazole rings is 1. The third kappa shape index (κ3) is 3.81. The van der Waals surface area contributed by atoms with Crippen LogP contribution in [0.3, 0.4) is 0 Å². The van der Waals surface area contributed by atoms with E-state index in [1.165, 1.54) is 0 Å². The Morgan fingerprint density at radius 3 is 2.77 bits per heavy atom. The van der Waals surface area contributed by atoms with E-state index in [4.69, 9.17) is 9.40 Å². The number of anilines is 1. The first-order valence-electron chi connectivity index (χ1n) is 11.3. The third-order valence-electron chi connectivity index (χ3n) is 6.00. The van der Waals surface area contributed by atoms with Gasteiger partial charge in [-0.05, 0) is 30.2 Å². The van der Waals surface area contributed by atoms with Gasteiger partial charge in [-0.2, -0.15) is 5.10 Å². The van der Waals surface area contributed by atoms with Crippen molar-refractivity contribution >= 4 is 27.6 Å². The van der Waals surface area contributed by atoms with Crippen molar-refractivity contribution in [1.29, 1.82) is 0 Å². The summed E-state index contributed by atoms with van der Waals surface area (Å²) in [6.45, 7) is 3.89. The topological polar surface area (TPSA) is 129 Å². The van der Waals surface area contributed by atoms with Crippen molar-refractivity contribution in [1.82, 2.24) is 30.1 Å². The Labute approximate surface area is 200 Å². The fraction of sp³-hybridized carbons (Fsp3) is 0.154. The minimum absolute atomic E-state index is 0.0689. The molecule has 0 spiro atoms. The fourth-order valence-electron chi connectivity index (χ4n) is 4.05. The van der Waals surface area contributed by atoms with Crippen LogP contribution in [0.2, 0.25) is 0 Å². The van der Waals surface area contributed by atoms with E-state index < -0.39 is 6.23 Å². The van der Waals surface area contributed by atoms with Crippen molar-refractivity contribution in [3.8, 4) is 33.9 Å². The number of aliphatic hydroxyl groups excluding tert-OH is 1. The number of nitrogens with zero attached hydrogens (tertiary/aromatic N) is 4. The molecule has 1 atom stereocenters. The predicted molar refractivity (Wildman–Crippen MR) is 134 cm³/mol. The Balaban J connectivity index is 1.41. The van der Waals surface area contributed by atoms with E-state index in [0.717, 1.165) is 50.0 Å². The van der Waals surface area contributed by atoms with Crippen LogP contribution in [-0.4, -0.2) is 41.5 Å². The van der Waals surface area contributed by atoms with Gasteiger partial charge < -0.3 is 19.8 Å². The van der Waals surface area contributed by atoms with E-state index in [9.17, 15) is 5.11 Å². The number of hydrogen-bond donors (Lipinski definition) is 4. The summed E-state index contributed by atoms with van der Waals surface area (Å²) in [5.74, 6) is 0.729. The molecule has 0 saturated carbocycles. The van der Waals surface area contributed by atoms with Crippen molar-refractivity contribution in [2.75, 3.05) is 5.32 Å². The lowest BCUT2D eigenvalue weighted by atomic mass is 10.1. The Morgan fingerprint density at radius 2 is 1.94 bits per heavy atom. The van der Waals surface area contributed by atoms with Gasteiger partial charge in [-0.1, -0.05) is 26.0 Å². The highest BCUT2D eigenvalue weighted by Crippen LogP contribution is 2.32. The molecule has 9 heteroatoms. The van der Waals surface area contributed by atoms with Crippen LogP contribution in [0.15, 0.2) is 71.9 Å². The Hall–Kier alpha value is -4.50. The standard InChI is InChI=1S/C26H23N7O2/c1-14(2)26(34)29-17-8-16(10-27-11-17)21-9-19-22(12-28-21)32-33-24(19)25-30-20-5-3-4-18(23(20)31-25)15-6-7-35-13-15/h3-14,26,29,34H,1-2H3,(H,30,31)(H,32,33). The van der Waals surface area contributed by atoms with Crippen molar-refractivity contribution in [2.24, 2.45) is 5.92 Å². The van der Waals surface area contributed by atoms with E-state index in [1.54, 1.807) is 31.1 Å². The van der Waals surface area contributed by atoms with Gasteiger partial charge in [0.1, 0.15) is 11.9 Å². The van der Waals surface area contributed by atoms with Gasteiger partial charge >= 0.3 is 0 Å².